The summed E-state index contributed by atoms with van der Waals surface area (Å²) in [5.41, 5.74) is -0.686. The molecule has 1 aromatic rings. The van der Waals surface area contributed by atoms with Gasteiger partial charge < -0.3 is 15.3 Å². The van der Waals surface area contributed by atoms with Gasteiger partial charge in [0.1, 0.15) is 0 Å². The summed E-state index contributed by atoms with van der Waals surface area (Å²) in [5, 5.41) is 35.4. The average Bonchev–Trinajstić information content (AvgIpc) is 2.81. The lowest BCUT2D eigenvalue weighted by Gasteiger charge is -2.35. The average molecular weight is 254 g/mol. The summed E-state index contributed by atoms with van der Waals surface area (Å²) in [6.45, 7) is 0.213. The third kappa shape index (κ3) is 1.28. The molecule has 9 nitrogen and oxygen atoms in total. The maximum absolute atomic E-state index is 12.1. The molecule has 1 atom stereocenters. The molecule has 3 rings (SSSR count). The Labute approximate surface area is 100 Å². The van der Waals surface area contributed by atoms with Gasteiger partial charge in [-0.3, -0.25) is 9.69 Å². The van der Waals surface area contributed by atoms with Gasteiger partial charge in [-0.15, -0.1) is 5.10 Å². The van der Waals surface area contributed by atoms with Gasteiger partial charge in [-0.1, -0.05) is 5.21 Å². The molecule has 9 heteroatoms. The highest BCUT2D eigenvalue weighted by Crippen LogP contribution is 2.35. The van der Waals surface area contributed by atoms with Crippen LogP contribution in [-0.2, 0) is 6.54 Å². The number of nitrogens with zero attached hydrogens (tertiary/aromatic N) is 4. The Morgan fingerprint density at radius 2 is 2.17 bits per heavy atom. The summed E-state index contributed by atoms with van der Waals surface area (Å²) in [7, 11) is 0. The van der Waals surface area contributed by atoms with E-state index >= 15 is 0 Å². The first kappa shape index (κ1) is 11.1. The van der Waals surface area contributed by atoms with Crippen molar-refractivity contribution < 1.29 is 24.9 Å². The third-order valence-electron chi connectivity index (χ3n) is 3.31. The van der Waals surface area contributed by atoms with Gasteiger partial charge in [-0.25, -0.2) is 9.48 Å². The second-order valence-corrected chi connectivity index (χ2v) is 4.42. The van der Waals surface area contributed by atoms with Crippen molar-refractivity contribution in [1.82, 2.24) is 19.9 Å². The van der Waals surface area contributed by atoms with Crippen LogP contribution in [-0.4, -0.2) is 59.0 Å². The van der Waals surface area contributed by atoms with Gasteiger partial charge in [0, 0.05) is 6.42 Å². The van der Waals surface area contributed by atoms with Gasteiger partial charge in [0.15, 0.2) is 5.69 Å². The van der Waals surface area contributed by atoms with Gasteiger partial charge in [-0.05, 0) is 6.42 Å². The zero-order chi connectivity index (χ0) is 13.1. The zero-order valence-electron chi connectivity index (χ0n) is 9.15. The molecule has 0 saturated carbocycles. The number of aromatic nitrogens is 3. The fourth-order valence-electron chi connectivity index (χ4n) is 2.51. The number of carbonyl (C=O) groups is 2. The predicted molar refractivity (Wildman–Crippen MR) is 53.3 cm³/mol. The molecule has 1 fully saturated rings. The number of carboxylic acids is 1. The van der Waals surface area contributed by atoms with E-state index in [0.29, 0.717) is 6.42 Å². The van der Waals surface area contributed by atoms with Gasteiger partial charge in [-0.2, -0.15) is 0 Å². The minimum Gasteiger partial charge on any atom is -0.476 e. The van der Waals surface area contributed by atoms with Crippen molar-refractivity contribution in [3.05, 3.63) is 11.4 Å². The summed E-state index contributed by atoms with van der Waals surface area (Å²) >= 11 is 0. The number of aromatic carboxylic acids is 1. The summed E-state index contributed by atoms with van der Waals surface area (Å²) < 4.78 is 1.20. The fraction of sp³-hybridized carbons (Fsp3) is 0.556. The van der Waals surface area contributed by atoms with Crippen molar-refractivity contribution in [2.45, 2.75) is 31.3 Å². The molecule has 0 aliphatic carbocycles. The van der Waals surface area contributed by atoms with Gasteiger partial charge >= 0.3 is 5.97 Å². The Bertz CT molecular complexity index is 551. The molecule has 1 saturated heterocycles. The van der Waals surface area contributed by atoms with Crippen LogP contribution in [0.5, 0.6) is 0 Å². The number of rotatable bonds is 1. The van der Waals surface area contributed by atoms with Crippen molar-refractivity contribution in [3.8, 4) is 0 Å². The minimum atomic E-state index is -2.23. The van der Waals surface area contributed by atoms with E-state index in [4.69, 9.17) is 5.11 Å². The highest BCUT2D eigenvalue weighted by Gasteiger charge is 2.51. The van der Waals surface area contributed by atoms with Crippen molar-refractivity contribution in [3.63, 3.8) is 0 Å². The van der Waals surface area contributed by atoms with Crippen LogP contribution in [0.25, 0.3) is 0 Å². The lowest BCUT2D eigenvalue weighted by atomic mass is 10.1. The monoisotopic (exact) mass is 254 g/mol. The number of hydrogen-bond donors (Lipinski definition) is 3. The Morgan fingerprint density at radius 1 is 1.44 bits per heavy atom. The van der Waals surface area contributed by atoms with Crippen LogP contribution >= 0.6 is 0 Å². The normalized spacial score (nSPS) is 24.9. The second-order valence-electron chi connectivity index (χ2n) is 4.42. The van der Waals surface area contributed by atoms with Crippen LogP contribution in [0, 0.1) is 0 Å². The molecule has 0 aromatic carbocycles. The molecule has 3 N–H and O–H groups in total. The largest absolute Gasteiger partial charge is 0.476 e. The SMILES string of the molecule is O=C(O)c1nnn2c1C(=O)N1C(CCC1(O)O)C2. The molecule has 2 aliphatic heterocycles. The topological polar surface area (TPSA) is 129 Å². The number of amides is 1. The van der Waals surface area contributed by atoms with Gasteiger partial charge in [0.05, 0.1) is 12.6 Å². The highest BCUT2D eigenvalue weighted by molar-refractivity contribution is 6.03. The summed E-state index contributed by atoms with van der Waals surface area (Å²) in [6.07, 6.45) is 0.449. The van der Waals surface area contributed by atoms with E-state index in [2.05, 4.69) is 10.3 Å². The smallest absolute Gasteiger partial charge is 0.358 e. The number of hydrogen-bond acceptors (Lipinski definition) is 6. The van der Waals surface area contributed by atoms with E-state index in [0.717, 1.165) is 4.90 Å². The molecule has 1 amide bonds. The molecule has 3 heterocycles. The van der Waals surface area contributed by atoms with Crippen molar-refractivity contribution in [1.29, 1.82) is 0 Å². The quantitative estimate of drug-likeness (QED) is 0.506. The maximum atomic E-state index is 12.1. The Kier molecular flexibility index (Phi) is 2.02. The Hall–Kier alpha value is -2.00. The van der Waals surface area contributed by atoms with E-state index in [1.165, 1.54) is 4.68 Å². The molecule has 2 aliphatic rings. The van der Waals surface area contributed by atoms with E-state index in [9.17, 15) is 19.8 Å². The predicted octanol–water partition coefficient (Wildman–Crippen LogP) is -1.77. The van der Waals surface area contributed by atoms with Crippen LogP contribution < -0.4 is 0 Å². The van der Waals surface area contributed by atoms with Crippen molar-refractivity contribution >= 4 is 11.9 Å². The fourth-order valence-corrected chi connectivity index (χ4v) is 2.51. The number of carboxylic acid groups (broad SMARTS) is 1. The van der Waals surface area contributed by atoms with Crippen LogP contribution in [0.4, 0.5) is 0 Å². The second kappa shape index (κ2) is 3.27. The molecule has 1 aromatic heterocycles. The highest BCUT2D eigenvalue weighted by atomic mass is 16.5. The first-order valence-electron chi connectivity index (χ1n) is 5.37. The Morgan fingerprint density at radius 3 is 2.83 bits per heavy atom. The molecule has 1 unspecified atom stereocenters. The van der Waals surface area contributed by atoms with Crippen molar-refractivity contribution in [2.24, 2.45) is 0 Å². The van der Waals surface area contributed by atoms with E-state index in [-0.39, 0.29) is 18.7 Å². The first-order chi connectivity index (χ1) is 8.42. The molecule has 0 spiro atoms. The third-order valence-corrected chi connectivity index (χ3v) is 3.31. The van der Waals surface area contributed by atoms with Crippen LogP contribution in [0.3, 0.4) is 0 Å². The summed E-state index contributed by atoms with van der Waals surface area (Å²) in [6, 6.07) is -0.400. The lowest BCUT2D eigenvalue weighted by molar-refractivity contribution is -0.234. The summed E-state index contributed by atoms with van der Waals surface area (Å²) in [4.78, 5) is 24.0. The molecule has 0 radical (unpaired) electrons. The molecular formula is C9H10N4O5. The molecule has 0 bridgehead atoms. The van der Waals surface area contributed by atoms with Gasteiger partial charge in [0.25, 0.3) is 5.91 Å². The van der Waals surface area contributed by atoms with E-state index in [1.54, 1.807) is 0 Å². The van der Waals surface area contributed by atoms with Crippen LogP contribution in [0.1, 0.15) is 33.8 Å². The van der Waals surface area contributed by atoms with E-state index in [1.807, 2.05) is 0 Å². The number of carbonyl (C=O) groups excluding carboxylic acids is 1. The minimum absolute atomic E-state index is 0.0318. The zero-order valence-corrected chi connectivity index (χ0v) is 9.15. The summed E-state index contributed by atoms with van der Waals surface area (Å²) in [5.74, 6) is -4.37. The number of aliphatic hydroxyl groups is 2. The standard InChI is InChI=1S/C9H10N4O5/c14-7-6-5(8(15)16)10-11-12(6)3-4-1-2-9(17,18)13(4)7/h4,17-18H,1-3H2,(H,15,16). The Balaban J connectivity index is 2.11. The number of fused-ring (bicyclic) bond motifs is 2. The maximum Gasteiger partial charge on any atom is 0.358 e. The molecule has 96 valence electrons. The van der Waals surface area contributed by atoms with E-state index < -0.39 is 29.5 Å². The van der Waals surface area contributed by atoms with Crippen LogP contribution in [0.2, 0.25) is 0 Å². The van der Waals surface area contributed by atoms with Gasteiger partial charge in [0.2, 0.25) is 11.6 Å². The molecule has 18 heavy (non-hydrogen) atoms. The molecular weight excluding hydrogens is 244 g/mol. The van der Waals surface area contributed by atoms with Crippen LogP contribution in [0.15, 0.2) is 0 Å². The lowest BCUT2D eigenvalue weighted by Crippen LogP contribution is -2.55. The van der Waals surface area contributed by atoms with Crippen molar-refractivity contribution in [2.75, 3.05) is 0 Å². The first-order valence-corrected chi connectivity index (χ1v) is 5.37.